The molecule has 0 amide bonds. The summed E-state index contributed by atoms with van der Waals surface area (Å²) in [5, 5.41) is 9.12. The van der Waals surface area contributed by atoms with Gasteiger partial charge in [0, 0.05) is 6.61 Å². The molecule has 0 aromatic heterocycles. The molecule has 1 saturated heterocycles. The number of carboxylic acids is 1. The fourth-order valence-electron chi connectivity index (χ4n) is 2.51. The van der Waals surface area contributed by atoms with Crippen LogP contribution in [0.1, 0.15) is 27.9 Å². The first kappa shape index (κ1) is 15.0. The van der Waals surface area contributed by atoms with Gasteiger partial charge in [-0.15, -0.1) is 0 Å². The van der Waals surface area contributed by atoms with Crippen LogP contribution in [0.25, 0.3) is 0 Å². The Morgan fingerprint density at radius 1 is 1.35 bits per heavy atom. The van der Waals surface area contributed by atoms with Crippen molar-refractivity contribution in [1.29, 1.82) is 0 Å². The highest BCUT2D eigenvalue weighted by Crippen LogP contribution is 2.25. The summed E-state index contributed by atoms with van der Waals surface area (Å²) in [7, 11) is -3.49. The summed E-state index contributed by atoms with van der Waals surface area (Å²) in [5.41, 5.74) is 1.20. The number of aromatic carboxylic acids is 1. The molecule has 0 aliphatic carbocycles. The lowest BCUT2D eigenvalue weighted by atomic mass is 10.1. The molecule has 1 unspecified atom stereocenters. The average molecular weight is 298 g/mol. The minimum atomic E-state index is -3.49. The van der Waals surface area contributed by atoms with Crippen LogP contribution >= 0.6 is 0 Å². The summed E-state index contributed by atoms with van der Waals surface area (Å²) in [4.78, 5) is 11.3. The van der Waals surface area contributed by atoms with Gasteiger partial charge in [-0.1, -0.05) is 6.07 Å². The molecule has 110 valence electrons. The maximum Gasteiger partial charge on any atom is 0.335 e. The van der Waals surface area contributed by atoms with Gasteiger partial charge in [-0.05, 0) is 43.4 Å². The Hall–Kier alpha value is -1.40. The number of hydrogen-bond donors (Lipinski definition) is 1. The highest BCUT2D eigenvalue weighted by Gasteiger charge is 2.27. The first-order valence-electron chi connectivity index (χ1n) is 6.46. The van der Waals surface area contributed by atoms with Crippen molar-refractivity contribution in [2.75, 3.05) is 19.0 Å². The minimum absolute atomic E-state index is 0.00557. The van der Waals surface area contributed by atoms with Crippen LogP contribution in [0.5, 0.6) is 0 Å². The highest BCUT2D eigenvalue weighted by atomic mass is 32.2. The van der Waals surface area contributed by atoms with Crippen molar-refractivity contribution in [3.05, 3.63) is 28.8 Å². The number of rotatable bonds is 4. The molecule has 1 atom stereocenters. The molecule has 1 aromatic rings. The Labute approximate surface area is 118 Å². The van der Waals surface area contributed by atoms with E-state index in [-0.39, 0.29) is 22.1 Å². The summed E-state index contributed by atoms with van der Waals surface area (Å²) >= 11 is 0. The lowest BCUT2D eigenvalue weighted by molar-refractivity contribution is 0.0696. The largest absolute Gasteiger partial charge is 0.478 e. The van der Waals surface area contributed by atoms with Gasteiger partial charge in [0.15, 0.2) is 9.84 Å². The summed E-state index contributed by atoms with van der Waals surface area (Å²) in [6.45, 7) is 4.40. The summed E-state index contributed by atoms with van der Waals surface area (Å²) in [6, 6.07) is 2.89. The van der Waals surface area contributed by atoms with Crippen molar-refractivity contribution in [3.63, 3.8) is 0 Å². The zero-order valence-corrected chi connectivity index (χ0v) is 12.4. The maximum atomic E-state index is 12.4. The first-order chi connectivity index (χ1) is 9.31. The molecule has 6 heteroatoms. The molecule has 20 heavy (non-hydrogen) atoms. The number of carbonyl (C=O) groups is 1. The molecule has 1 aromatic carbocycles. The molecule has 5 nitrogen and oxygen atoms in total. The van der Waals surface area contributed by atoms with E-state index in [9.17, 15) is 13.2 Å². The smallest absolute Gasteiger partial charge is 0.335 e. The van der Waals surface area contributed by atoms with Crippen LogP contribution in [-0.2, 0) is 14.6 Å². The van der Waals surface area contributed by atoms with Crippen molar-refractivity contribution >= 4 is 15.8 Å². The fraction of sp³-hybridized carbons (Fsp3) is 0.500. The molecule has 0 radical (unpaired) electrons. The molecule has 1 heterocycles. The van der Waals surface area contributed by atoms with Crippen LogP contribution in [-0.4, -0.2) is 38.5 Å². The number of ether oxygens (including phenoxy) is 1. The monoisotopic (exact) mass is 298 g/mol. The Bertz CT molecular complexity index is 627. The zero-order chi connectivity index (χ0) is 14.9. The number of sulfone groups is 1. The van der Waals surface area contributed by atoms with Gasteiger partial charge in [0.1, 0.15) is 0 Å². The molecule has 1 N–H and O–H groups in total. The van der Waals surface area contributed by atoms with E-state index < -0.39 is 15.8 Å². The lowest BCUT2D eigenvalue weighted by Crippen LogP contribution is -2.18. The van der Waals surface area contributed by atoms with Gasteiger partial charge in [-0.25, -0.2) is 13.2 Å². The molecular formula is C14H18O5S. The maximum absolute atomic E-state index is 12.4. The Morgan fingerprint density at radius 3 is 2.60 bits per heavy atom. The molecule has 0 spiro atoms. The van der Waals surface area contributed by atoms with E-state index in [0.29, 0.717) is 24.3 Å². The topological polar surface area (TPSA) is 80.7 Å². The number of benzene rings is 1. The highest BCUT2D eigenvalue weighted by molar-refractivity contribution is 7.91. The van der Waals surface area contributed by atoms with E-state index in [1.165, 1.54) is 6.07 Å². The van der Waals surface area contributed by atoms with Gasteiger partial charge in [0.25, 0.3) is 0 Å². The Balaban J connectivity index is 2.40. The van der Waals surface area contributed by atoms with E-state index in [4.69, 9.17) is 9.84 Å². The normalized spacial score (nSPS) is 19.2. The lowest BCUT2D eigenvalue weighted by Gasteiger charge is -2.13. The number of carboxylic acid groups (broad SMARTS) is 1. The van der Waals surface area contributed by atoms with E-state index in [1.807, 2.05) is 0 Å². The van der Waals surface area contributed by atoms with Gasteiger partial charge in [-0.3, -0.25) is 0 Å². The van der Waals surface area contributed by atoms with Crippen LogP contribution in [0.4, 0.5) is 0 Å². The van der Waals surface area contributed by atoms with Gasteiger partial charge in [0.05, 0.1) is 22.8 Å². The molecular weight excluding hydrogens is 280 g/mol. The van der Waals surface area contributed by atoms with Crippen LogP contribution in [0.3, 0.4) is 0 Å². The molecule has 1 aliphatic rings. The Morgan fingerprint density at radius 2 is 2.05 bits per heavy atom. The van der Waals surface area contributed by atoms with Crippen molar-refractivity contribution in [1.82, 2.24) is 0 Å². The second kappa shape index (κ2) is 5.54. The van der Waals surface area contributed by atoms with E-state index >= 15 is 0 Å². The fourth-order valence-corrected chi connectivity index (χ4v) is 4.42. The third-order valence-electron chi connectivity index (χ3n) is 3.57. The van der Waals surface area contributed by atoms with E-state index in [0.717, 1.165) is 6.42 Å². The second-order valence-electron chi connectivity index (χ2n) is 5.25. The third kappa shape index (κ3) is 3.02. The van der Waals surface area contributed by atoms with Crippen LogP contribution < -0.4 is 0 Å². The van der Waals surface area contributed by atoms with Crippen molar-refractivity contribution in [3.8, 4) is 0 Å². The van der Waals surface area contributed by atoms with E-state index in [1.54, 1.807) is 19.9 Å². The van der Waals surface area contributed by atoms with Crippen LogP contribution in [0.2, 0.25) is 0 Å². The van der Waals surface area contributed by atoms with Crippen LogP contribution in [0, 0.1) is 19.8 Å². The standard InChI is InChI=1S/C14H18O5S/c1-9-5-10(2)13(6-12(9)14(15)16)20(17,18)8-11-3-4-19-7-11/h5-6,11H,3-4,7-8H2,1-2H3,(H,15,16). The van der Waals surface area contributed by atoms with Crippen molar-refractivity contribution in [2.24, 2.45) is 5.92 Å². The second-order valence-corrected chi connectivity index (χ2v) is 7.25. The third-order valence-corrected chi connectivity index (χ3v) is 5.59. The SMILES string of the molecule is Cc1cc(C)c(S(=O)(=O)CC2CCOC2)cc1C(=O)O. The first-order valence-corrected chi connectivity index (χ1v) is 8.11. The molecule has 0 bridgehead atoms. The molecule has 1 fully saturated rings. The van der Waals surface area contributed by atoms with Crippen molar-refractivity contribution < 1.29 is 23.1 Å². The van der Waals surface area contributed by atoms with E-state index in [2.05, 4.69) is 0 Å². The molecule has 0 saturated carbocycles. The number of aryl methyl sites for hydroxylation is 2. The number of hydrogen-bond acceptors (Lipinski definition) is 4. The van der Waals surface area contributed by atoms with Gasteiger partial charge >= 0.3 is 5.97 Å². The molecule has 1 aliphatic heterocycles. The predicted molar refractivity (Wildman–Crippen MR) is 73.9 cm³/mol. The summed E-state index contributed by atoms with van der Waals surface area (Å²) < 4.78 is 30.1. The van der Waals surface area contributed by atoms with Gasteiger partial charge < -0.3 is 9.84 Å². The van der Waals surface area contributed by atoms with Crippen LogP contribution in [0.15, 0.2) is 17.0 Å². The van der Waals surface area contributed by atoms with Gasteiger partial charge in [-0.2, -0.15) is 0 Å². The summed E-state index contributed by atoms with van der Waals surface area (Å²) in [6.07, 6.45) is 0.732. The predicted octanol–water partition coefficient (Wildman–Crippen LogP) is 1.81. The Kier molecular flexibility index (Phi) is 4.15. The van der Waals surface area contributed by atoms with Crippen molar-refractivity contribution in [2.45, 2.75) is 25.2 Å². The zero-order valence-electron chi connectivity index (χ0n) is 11.5. The summed E-state index contributed by atoms with van der Waals surface area (Å²) in [5.74, 6) is -1.10. The minimum Gasteiger partial charge on any atom is -0.478 e. The average Bonchev–Trinajstić information content (AvgIpc) is 2.79. The molecule has 2 rings (SSSR count). The quantitative estimate of drug-likeness (QED) is 0.917. The van der Waals surface area contributed by atoms with Gasteiger partial charge in [0.2, 0.25) is 0 Å².